The minimum atomic E-state index is -0.287. The quantitative estimate of drug-likeness (QED) is 0.103. The third-order valence-corrected chi connectivity index (χ3v) is 10.2. The van der Waals surface area contributed by atoms with Gasteiger partial charge in [0.15, 0.2) is 5.17 Å². The van der Waals surface area contributed by atoms with Crippen LogP contribution in [-0.4, -0.2) is 49.0 Å². The molecule has 0 bridgehead atoms. The van der Waals surface area contributed by atoms with E-state index in [1.54, 1.807) is 4.57 Å². The van der Waals surface area contributed by atoms with Crippen LogP contribution in [0.25, 0.3) is 16.7 Å². The third kappa shape index (κ3) is 7.52. The van der Waals surface area contributed by atoms with Crippen LogP contribution >= 0.6 is 11.8 Å². The lowest BCUT2D eigenvalue weighted by molar-refractivity contribution is 0.187. The molecule has 2 fully saturated rings. The van der Waals surface area contributed by atoms with E-state index < -0.39 is 0 Å². The van der Waals surface area contributed by atoms with E-state index in [-0.39, 0.29) is 29.0 Å². The van der Waals surface area contributed by atoms with Gasteiger partial charge in [-0.25, -0.2) is 4.79 Å². The van der Waals surface area contributed by atoms with Crippen molar-refractivity contribution >= 4 is 28.0 Å². The van der Waals surface area contributed by atoms with Crippen LogP contribution < -0.4 is 22.5 Å². The summed E-state index contributed by atoms with van der Waals surface area (Å²) in [5.41, 5.74) is 16.5. The molecule has 9 nitrogen and oxygen atoms in total. The number of nitrogens with zero attached hydrogens (tertiary/aromatic N) is 3. The number of thioether (sulfide) groups is 1. The number of aromatic nitrogens is 3. The monoisotopic (exact) mass is 626 g/mol. The molecule has 0 spiro atoms. The van der Waals surface area contributed by atoms with Gasteiger partial charge < -0.3 is 21.8 Å². The molecule has 7 N–H and O–H groups in total. The Bertz CT molecular complexity index is 1630. The molecule has 1 unspecified atom stereocenters. The predicted octanol–water partition coefficient (Wildman–Crippen LogP) is 5.92. The lowest BCUT2D eigenvalue weighted by Gasteiger charge is -2.31. The number of fused-ring (bicyclic) bond motifs is 1. The fourth-order valence-electron chi connectivity index (χ4n) is 7.21. The standard InChI is InChI=1S/C35H46N8OS/c1-23(36)7-6-19-42-31(25-8-3-2-4-9-25)16-17-32(42)30-21-26-22-43(35(44)41-33(26)40-30)28-14-12-24(13-15-28)29-11-5-10-27(39-29)18-20-45-34(37)38/h2-4,8-9,12-15,21-23,27,29,31-32,39H,5-7,10-11,16-20,36H2,1H3,(H3,37,38)(H,40,41,44)/t23-,27+,29+,31-,32?/m1/s1. The largest absolute Gasteiger partial charge is 0.379 e. The van der Waals surface area contributed by atoms with Crippen molar-refractivity contribution in [2.75, 3.05) is 12.3 Å². The zero-order valence-electron chi connectivity index (χ0n) is 26.1. The van der Waals surface area contributed by atoms with Gasteiger partial charge in [-0.15, -0.1) is 0 Å². The highest BCUT2D eigenvalue weighted by atomic mass is 32.2. The van der Waals surface area contributed by atoms with E-state index in [0.29, 0.717) is 17.7 Å². The van der Waals surface area contributed by atoms with E-state index in [0.717, 1.165) is 74.0 Å². The number of hydrogen-bond donors (Lipinski definition) is 5. The average molecular weight is 627 g/mol. The highest BCUT2D eigenvalue weighted by Gasteiger charge is 2.35. The molecule has 2 aliphatic rings. The molecular formula is C35H46N8OS. The second-order valence-corrected chi connectivity index (χ2v) is 13.9. The lowest BCUT2D eigenvalue weighted by Crippen LogP contribution is -2.37. The molecule has 10 heteroatoms. The number of hydrogen-bond acceptors (Lipinski definition) is 7. The summed E-state index contributed by atoms with van der Waals surface area (Å²) in [6, 6.07) is 22.8. The maximum atomic E-state index is 13.2. The summed E-state index contributed by atoms with van der Waals surface area (Å²) in [7, 11) is 0. The van der Waals surface area contributed by atoms with E-state index in [2.05, 4.69) is 75.6 Å². The average Bonchev–Trinajstić information content (AvgIpc) is 3.65. The second-order valence-electron chi connectivity index (χ2n) is 12.7. The zero-order chi connectivity index (χ0) is 31.3. The fourth-order valence-corrected chi connectivity index (χ4v) is 7.83. The summed E-state index contributed by atoms with van der Waals surface area (Å²) in [4.78, 5) is 23.8. The van der Waals surface area contributed by atoms with Crippen LogP contribution in [0.4, 0.5) is 0 Å². The van der Waals surface area contributed by atoms with Crippen LogP contribution in [0.5, 0.6) is 0 Å². The summed E-state index contributed by atoms with van der Waals surface area (Å²) in [5.74, 6) is 0.859. The summed E-state index contributed by atoms with van der Waals surface area (Å²) < 4.78 is 1.65. The molecule has 2 saturated heterocycles. The molecule has 4 heterocycles. The maximum Gasteiger partial charge on any atom is 0.354 e. The minimum Gasteiger partial charge on any atom is -0.379 e. The molecule has 6 rings (SSSR count). The number of nitrogens with one attached hydrogen (secondary N) is 3. The van der Waals surface area contributed by atoms with Crippen molar-refractivity contribution in [1.29, 1.82) is 5.41 Å². The first-order valence-electron chi connectivity index (χ1n) is 16.4. The molecule has 0 aliphatic carbocycles. The van der Waals surface area contributed by atoms with Crippen molar-refractivity contribution in [2.24, 2.45) is 11.5 Å². The molecule has 45 heavy (non-hydrogen) atoms. The van der Waals surface area contributed by atoms with Crippen LogP contribution in [0.2, 0.25) is 0 Å². The Morgan fingerprint density at radius 2 is 1.84 bits per heavy atom. The van der Waals surface area contributed by atoms with Gasteiger partial charge in [-0.2, -0.15) is 4.98 Å². The van der Waals surface area contributed by atoms with Crippen molar-refractivity contribution < 1.29 is 0 Å². The molecule has 0 amide bonds. The van der Waals surface area contributed by atoms with Gasteiger partial charge in [-0.3, -0.25) is 14.9 Å². The first-order valence-corrected chi connectivity index (χ1v) is 17.4. The fraction of sp³-hybridized carbons (Fsp3) is 0.457. The summed E-state index contributed by atoms with van der Waals surface area (Å²) in [6.07, 6.45) is 10.5. The summed E-state index contributed by atoms with van der Waals surface area (Å²) in [6.45, 7) is 3.05. The van der Waals surface area contributed by atoms with E-state index in [1.807, 2.05) is 18.3 Å². The van der Waals surface area contributed by atoms with Gasteiger partial charge in [0.1, 0.15) is 5.65 Å². The Morgan fingerprint density at radius 1 is 1.07 bits per heavy atom. The molecule has 4 aromatic rings. The Morgan fingerprint density at radius 3 is 2.60 bits per heavy atom. The van der Waals surface area contributed by atoms with Crippen molar-refractivity contribution in [1.82, 2.24) is 24.8 Å². The van der Waals surface area contributed by atoms with Crippen LogP contribution in [-0.2, 0) is 0 Å². The van der Waals surface area contributed by atoms with Gasteiger partial charge in [0.05, 0.1) is 11.7 Å². The van der Waals surface area contributed by atoms with Crippen molar-refractivity contribution in [2.45, 2.75) is 88.5 Å². The van der Waals surface area contributed by atoms with Gasteiger partial charge in [-0.1, -0.05) is 60.6 Å². The molecule has 0 radical (unpaired) electrons. The summed E-state index contributed by atoms with van der Waals surface area (Å²) >= 11 is 1.41. The zero-order valence-corrected chi connectivity index (χ0v) is 26.9. The second kappa shape index (κ2) is 14.3. The number of aromatic amines is 1. The topological polar surface area (TPSA) is 142 Å². The van der Waals surface area contributed by atoms with E-state index in [9.17, 15) is 4.79 Å². The van der Waals surface area contributed by atoms with Gasteiger partial charge in [0, 0.05) is 47.2 Å². The van der Waals surface area contributed by atoms with Crippen molar-refractivity contribution in [3.63, 3.8) is 0 Å². The lowest BCUT2D eigenvalue weighted by atomic mass is 9.92. The first-order chi connectivity index (χ1) is 21.9. The smallest absolute Gasteiger partial charge is 0.354 e. The van der Waals surface area contributed by atoms with Gasteiger partial charge >= 0.3 is 5.69 Å². The molecule has 238 valence electrons. The highest BCUT2D eigenvalue weighted by molar-refractivity contribution is 8.13. The van der Waals surface area contributed by atoms with E-state index in [1.165, 1.54) is 29.3 Å². The van der Waals surface area contributed by atoms with Crippen LogP contribution in [0.1, 0.15) is 93.2 Å². The van der Waals surface area contributed by atoms with E-state index >= 15 is 0 Å². The molecule has 2 aliphatic heterocycles. The van der Waals surface area contributed by atoms with Gasteiger partial charge in [0.25, 0.3) is 0 Å². The molecule has 0 saturated carbocycles. The molecule has 2 aromatic carbocycles. The predicted molar refractivity (Wildman–Crippen MR) is 185 cm³/mol. The Balaban J connectivity index is 1.19. The summed E-state index contributed by atoms with van der Waals surface area (Å²) in [5, 5.41) is 12.3. The van der Waals surface area contributed by atoms with Gasteiger partial charge in [-0.05, 0) is 87.7 Å². The van der Waals surface area contributed by atoms with Gasteiger partial charge in [0.2, 0.25) is 0 Å². The Kier molecular flexibility index (Phi) is 10.0. The number of H-pyrrole nitrogens is 1. The molecular weight excluding hydrogens is 581 g/mol. The normalized spacial score (nSPS) is 23.0. The number of likely N-dealkylation sites (tertiary alicyclic amines) is 1. The van der Waals surface area contributed by atoms with Crippen LogP contribution in [0.15, 0.2) is 71.7 Å². The Labute approximate surface area is 269 Å². The number of amidine groups is 1. The maximum absolute atomic E-state index is 13.2. The number of piperidine rings is 1. The van der Waals surface area contributed by atoms with Crippen molar-refractivity contribution in [3.8, 4) is 5.69 Å². The van der Waals surface area contributed by atoms with E-state index in [4.69, 9.17) is 16.9 Å². The molecule has 2 aromatic heterocycles. The number of benzene rings is 2. The van der Waals surface area contributed by atoms with Crippen molar-refractivity contribution in [3.05, 3.63) is 94.2 Å². The van der Waals surface area contributed by atoms with Crippen LogP contribution in [0, 0.1) is 5.41 Å². The Hall–Kier alpha value is -3.44. The SMILES string of the molecule is C[C@@H](N)CCCN1C(c2cc3cn(-c4ccc([C@@H]5CCC[C@@H](CCSC(=N)N)N5)cc4)c(=O)nc3[nH]2)CC[C@@H]1c1ccccc1. The first kappa shape index (κ1) is 31.5. The third-order valence-electron chi connectivity index (χ3n) is 9.44. The van der Waals surface area contributed by atoms with Crippen LogP contribution in [0.3, 0.4) is 0 Å². The number of rotatable bonds is 11. The molecule has 5 atom stereocenters. The minimum absolute atomic E-state index is 0.182. The highest BCUT2D eigenvalue weighted by Crippen LogP contribution is 2.44. The number of nitrogens with two attached hydrogens (primary N) is 2.